The third-order valence-electron chi connectivity index (χ3n) is 5.21. The van der Waals surface area contributed by atoms with Gasteiger partial charge in [0.05, 0.1) is 36.7 Å². The molecular formula is C21H20N6O3. The quantitative estimate of drug-likeness (QED) is 0.535. The Morgan fingerprint density at radius 3 is 2.87 bits per heavy atom. The number of H-pyrrole nitrogens is 1. The molecule has 0 radical (unpaired) electrons. The van der Waals surface area contributed by atoms with Crippen molar-refractivity contribution in [2.24, 2.45) is 0 Å². The van der Waals surface area contributed by atoms with Crippen LogP contribution in [0, 0.1) is 0 Å². The highest BCUT2D eigenvalue weighted by atomic mass is 16.5. The molecule has 0 spiro atoms. The van der Waals surface area contributed by atoms with Crippen molar-refractivity contribution in [1.82, 2.24) is 30.1 Å². The van der Waals surface area contributed by atoms with Crippen LogP contribution in [0.15, 0.2) is 54.7 Å². The maximum absolute atomic E-state index is 12.7. The minimum atomic E-state index is -0.325. The molecule has 5 rings (SSSR count). The molecule has 9 nitrogen and oxygen atoms in total. The number of aromatic amines is 1. The summed E-state index contributed by atoms with van der Waals surface area (Å²) in [6.45, 7) is 1.24. The van der Waals surface area contributed by atoms with Crippen molar-refractivity contribution >= 4 is 16.8 Å². The first kappa shape index (κ1) is 18.5. The maximum atomic E-state index is 12.7. The van der Waals surface area contributed by atoms with Gasteiger partial charge in [-0.25, -0.2) is 4.68 Å². The number of para-hydroxylation sites is 1. The van der Waals surface area contributed by atoms with E-state index in [2.05, 4.69) is 20.5 Å². The van der Waals surface area contributed by atoms with Crippen LogP contribution in [0.1, 0.15) is 10.4 Å². The van der Waals surface area contributed by atoms with Gasteiger partial charge in [0, 0.05) is 24.0 Å². The van der Waals surface area contributed by atoms with Crippen molar-refractivity contribution in [3.8, 4) is 17.1 Å². The molecule has 152 valence electrons. The summed E-state index contributed by atoms with van der Waals surface area (Å²) in [7, 11) is 0. The average molecular weight is 404 g/mol. The third-order valence-corrected chi connectivity index (χ3v) is 5.21. The SMILES string of the molecule is O=C(c1ccc(-n2cc(-c3n[nH]c4ccccc34)nn2)cc1)N1CCOC(CO)C1. The Kier molecular flexibility index (Phi) is 4.74. The van der Waals surface area contributed by atoms with Gasteiger partial charge in [-0.2, -0.15) is 5.10 Å². The van der Waals surface area contributed by atoms with Crippen LogP contribution in [0.5, 0.6) is 0 Å². The predicted octanol–water partition coefficient (Wildman–Crippen LogP) is 1.64. The molecule has 1 amide bonds. The fourth-order valence-corrected chi connectivity index (χ4v) is 3.61. The molecule has 2 aromatic heterocycles. The topological polar surface area (TPSA) is 109 Å². The van der Waals surface area contributed by atoms with E-state index in [9.17, 15) is 9.90 Å². The Morgan fingerprint density at radius 1 is 1.20 bits per heavy atom. The van der Waals surface area contributed by atoms with E-state index in [1.165, 1.54) is 0 Å². The molecule has 2 N–H and O–H groups in total. The van der Waals surface area contributed by atoms with Crippen molar-refractivity contribution in [3.63, 3.8) is 0 Å². The lowest BCUT2D eigenvalue weighted by molar-refractivity contribution is -0.0447. The number of benzene rings is 2. The highest BCUT2D eigenvalue weighted by Crippen LogP contribution is 2.24. The molecule has 1 aliphatic heterocycles. The van der Waals surface area contributed by atoms with Gasteiger partial charge in [-0.3, -0.25) is 9.89 Å². The number of fused-ring (bicyclic) bond motifs is 1. The van der Waals surface area contributed by atoms with Crippen LogP contribution >= 0.6 is 0 Å². The van der Waals surface area contributed by atoms with Gasteiger partial charge >= 0.3 is 0 Å². The second-order valence-corrected chi connectivity index (χ2v) is 7.14. The van der Waals surface area contributed by atoms with Crippen LogP contribution in [0.2, 0.25) is 0 Å². The van der Waals surface area contributed by atoms with Gasteiger partial charge in [-0.1, -0.05) is 23.4 Å². The smallest absolute Gasteiger partial charge is 0.254 e. The number of morpholine rings is 1. The van der Waals surface area contributed by atoms with Crippen molar-refractivity contribution in [1.29, 1.82) is 0 Å². The molecule has 0 bridgehead atoms. The minimum absolute atomic E-state index is 0.0782. The summed E-state index contributed by atoms with van der Waals surface area (Å²) in [5.41, 5.74) is 3.72. The maximum Gasteiger partial charge on any atom is 0.254 e. The molecule has 3 heterocycles. The first-order valence-corrected chi connectivity index (χ1v) is 9.71. The predicted molar refractivity (Wildman–Crippen MR) is 109 cm³/mol. The van der Waals surface area contributed by atoms with Crippen molar-refractivity contribution in [2.75, 3.05) is 26.3 Å². The van der Waals surface area contributed by atoms with Crippen LogP contribution in [0.25, 0.3) is 28.0 Å². The molecule has 1 atom stereocenters. The van der Waals surface area contributed by atoms with Crippen LogP contribution in [0.4, 0.5) is 0 Å². The number of aromatic nitrogens is 5. The Labute approximate surface area is 171 Å². The number of nitrogens with zero attached hydrogens (tertiary/aromatic N) is 5. The summed E-state index contributed by atoms with van der Waals surface area (Å²) in [4.78, 5) is 14.4. The first-order valence-electron chi connectivity index (χ1n) is 9.71. The number of aliphatic hydroxyl groups is 1. The summed E-state index contributed by atoms with van der Waals surface area (Å²) in [5, 5.41) is 26.1. The number of carbonyl (C=O) groups is 1. The zero-order chi connectivity index (χ0) is 20.5. The highest BCUT2D eigenvalue weighted by Gasteiger charge is 2.24. The Hall–Kier alpha value is -3.56. The van der Waals surface area contributed by atoms with E-state index in [-0.39, 0.29) is 18.6 Å². The minimum Gasteiger partial charge on any atom is -0.394 e. The number of aliphatic hydroxyl groups excluding tert-OH is 1. The van der Waals surface area contributed by atoms with E-state index in [4.69, 9.17) is 4.74 Å². The Bertz CT molecular complexity index is 1180. The largest absolute Gasteiger partial charge is 0.394 e. The number of carbonyl (C=O) groups excluding carboxylic acids is 1. The van der Waals surface area contributed by atoms with Crippen molar-refractivity contribution in [3.05, 3.63) is 60.3 Å². The van der Waals surface area contributed by atoms with Gasteiger partial charge in [0.2, 0.25) is 0 Å². The number of rotatable bonds is 4. The molecule has 1 saturated heterocycles. The lowest BCUT2D eigenvalue weighted by atomic mass is 10.1. The van der Waals surface area contributed by atoms with E-state index in [0.717, 1.165) is 22.3 Å². The van der Waals surface area contributed by atoms with E-state index >= 15 is 0 Å². The lowest BCUT2D eigenvalue weighted by Gasteiger charge is -2.32. The van der Waals surface area contributed by atoms with Crippen LogP contribution in [-0.2, 0) is 4.74 Å². The lowest BCUT2D eigenvalue weighted by Crippen LogP contribution is -2.46. The molecule has 1 fully saturated rings. The van der Waals surface area contributed by atoms with Gasteiger partial charge in [0.1, 0.15) is 11.4 Å². The van der Waals surface area contributed by atoms with E-state index in [1.54, 1.807) is 21.7 Å². The second-order valence-electron chi connectivity index (χ2n) is 7.14. The van der Waals surface area contributed by atoms with Crippen molar-refractivity contribution < 1.29 is 14.6 Å². The third kappa shape index (κ3) is 3.34. The van der Waals surface area contributed by atoms with Crippen LogP contribution in [-0.4, -0.2) is 73.5 Å². The molecule has 0 saturated carbocycles. The zero-order valence-electron chi connectivity index (χ0n) is 16.1. The Morgan fingerprint density at radius 2 is 2.03 bits per heavy atom. The van der Waals surface area contributed by atoms with Gasteiger partial charge < -0.3 is 14.7 Å². The first-order chi connectivity index (χ1) is 14.7. The van der Waals surface area contributed by atoms with Crippen molar-refractivity contribution in [2.45, 2.75) is 6.10 Å². The molecule has 1 unspecified atom stereocenters. The van der Waals surface area contributed by atoms with Gasteiger partial charge in [-0.15, -0.1) is 5.10 Å². The summed E-state index contributed by atoms with van der Waals surface area (Å²) < 4.78 is 7.07. The molecule has 2 aromatic carbocycles. The van der Waals surface area contributed by atoms with E-state index in [0.29, 0.717) is 31.0 Å². The highest BCUT2D eigenvalue weighted by molar-refractivity contribution is 5.94. The normalized spacial score (nSPS) is 16.8. The van der Waals surface area contributed by atoms with Crippen LogP contribution in [0.3, 0.4) is 0 Å². The summed E-state index contributed by atoms with van der Waals surface area (Å²) in [6.07, 6.45) is 1.49. The number of hydrogen-bond acceptors (Lipinski definition) is 6. The summed E-state index contributed by atoms with van der Waals surface area (Å²) in [6, 6.07) is 15.1. The number of nitrogens with one attached hydrogen (secondary N) is 1. The standard InChI is InChI=1S/C21H20N6O3/c28-13-16-11-26(9-10-30-16)21(29)14-5-7-15(8-6-14)27-12-19(23-25-27)20-17-3-1-2-4-18(17)22-24-20/h1-8,12,16,28H,9-11,13H2,(H,22,24). The Balaban J connectivity index is 1.36. The number of amides is 1. The molecule has 4 aromatic rings. The van der Waals surface area contributed by atoms with Crippen LogP contribution < -0.4 is 0 Å². The zero-order valence-corrected chi connectivity index (χ0v) is 16.1. The van der Waals surface area contributed by atoms with E-state index in [1.807, 2.05) is 42.6 Å². The molecule has 1 aliphatic rings. The fourth-order valence-electron chi connectivity index (χ4n) is 3.61. The van der Waals surface area contributed by atoms with Gasteiger partial charge in [0.25, 0.3) is 5.91 Å². The molecule has 30 heavy (non-hydrogen) atoms. The summed E-state index contributed by atoms with van der Waals surface area (Å²) in [5.74, 6) is -0.0782. The number of hydrogen-bond donors (Lipinski definition) is 2. The molecule has 9 heteroatoms. The second kappa shape index (κ2) is 7.69. The molecular weight excluding hydrogens is 384 g/mol. The van der Waals surface area contributed by atoms with E-state index < -0.39 is 0 Å². The van der Waals surface area contributed by atoms with Gasteiger partial charge in [0.15, 0.2) is 0 Å². The van der Waals surface area contributed by atoms with Gasteiger partial charge in [-0.05, 0) is 30.3 Å². The monoisotopic (exact) mass is 404 g/mol. The summed E-state index contributed by atoms with van der Waals surface area (Å²) >= 11 is 0. The number of ether oxygens (including phenoxy) is 1. The fraction of sp³-hybridized carbons (Fsp3) is 0.238. The average Bonchev–Trinajstić information content (AvgIpc) is 3.46. The molecule has 0 aliphatic carbocycles.